The van der Waals surface area contributed by atoms with Crippen LogP contribution < -0.4 is 10.1 Å². The average Bonchev–Trinajstić information content (AvgIpc) is 3.05. The van der Waals surface area contributed by atoms with Gasteiger partial charge in [0.15, 0.2) is 0 Å². The Morgan fingerprint density at radius 2 is 2.00 bits per heavy atom. The normalized spacial score (nSPS) is 13.2. The number of hydrogen-bond donors (Lipinski definition) is 1. The predicted molar refractivity (Wildman–Crippen MR) is 115 cm³/mol. The Hall–Kier alpha value is -2.88. The quantitative estimate of drug-likeness (QED) is 0.623. The third-order valence-corrected chi connectivity index (χ3v) is 4.75. The van der Waals surface area contributed by atoms with Crippen molar-refractivity contribution < 1.29 is 9.26 Å². The highest BCUT2D eigenvalue weighted by molar-refractivity contribution is 5.85. The molecule has 0 radical (unpaired) electrons. The Labute approximate surface area is 176 Å². The lowest BCUT2D eigenvalue weighted by atomic mass is 9.97. The SMILES string of the molecule is Cl.[C-]#[N+]c1cc(-c2nc(-c3cccc4c3CCNCC4)no2)ccc1OC(C)C. The van der Waals surface area contributed by atoms with Gasteiger partial charge >= 0.3 is 0 Å². The number of hydrogen-bond acceptors (Lipinski definition) is 5. The van der Waals surface area contributed by atoms with Gasteiger partial charge in [-0.05, 0) is 69.1 Å². The van der Waals surface area contributed by atoms with Gasteiger partial charge in [0.25, 0.3) is 5.89 Å². The molecule has 0 bridgehead atoms. The number of nitrogens with one attached hydrogen (secondary N) is 1. The standard InChI is InChI=1S/C22H22N4O2.ClH/c1-14(2)27-20-8-7-16(13-19(20)23-3)22-25-21(26-28-22)18-6-4-5-15-9-11-24-12-10-17(15)18;/h4-8,13-14,24H,9-12H2,1-2H3;1H. The van der Waals surface area contributed by atoms with Crippen molar-refractivity contribution in [1.29, 1.82) is 0 Å². The summed E-state index contributed by atoms with van der Waals surface area (Å²) < 4.78 is 11.2. The minimum absolute atomic E-state index is 0. The smallest absolute Gasteiger partial charge is 0.256 e. The number of fused-ring (bicyclic) bond motifs is 1. The lowest BCUT2D eigenvalue weighted by Crippen LogP contribution is -2.16. The summed E-state index contributed by atoms with van der Waals surface area (Å²) >= 11 is 0. The van der Waals surface area contributed by atoms with Crippen LogP contribution in [0.3, 0.4) is 0 Å². The monoisotopic (exact) mass is 410 g/mol. The maximum atomic E-state index is 7.43. The summed E-state index contributed by atoms with van der Waals surface area (Å²) in [6, 6.07) is 11.6. The van der Waals surface area contributed by atoms with Crippen LogP contribution in [-0.4, -0.2) is 29.3 Å². The molecule has 3 aromatic rings. The topological polar surface area (TPSA) is 64.5 Å². The van der Waals surface area contributed by atoms with E-state index in [2.05, 4.69) is 26.4 Å². The van der Waals surface area contributed by atoms with Crippen LogP contribution in [0.15, 0.2) is 40.9 Å². The number of ether oxygens (including phenoxy) is 1. The predicted octanol–water partition coefficient (Wildman–Crippen LogP) is 4.85. The van der Waals surface area contributed by atoms with Crippen LogP contribution in [0.4, 0.5) is 5.69 Å². The summed E-state index contributed by atoms with van der Waals surface area (Å²) in [6.07, 6.45) is 1.95. The number of halogens is 1. The molecule has 0 amide bonds. The van der Waals surface area contributed by atoms with Crippen LogP contribution in [0.5, 0.6) is 5.75 Å². The molecule has 1 aliphatic rings. The maximum absolute atomic E-state index is 7.43. The molecule has 1 aliphatic heterocycles. The van der Waals surface area contributed by atoms with Crippen molar-refractivity contribution in [3.8, 4) is 28.6 Å². The molecule has 4 rings (SSSR count). The van der Waals surface area contributed by atoms with E-state index in [0.717, 1.165) is 31.5 Å². The van der Waals surface area contributed by atoms with Crippen molar-refractivity contribution in [3.63, 3.8) is 0 Å². The summed E-state index contributed by atoms with van der Waals surface area (Å²) in [4.78, 5) is 8.18. The minimum atomic E-state index is 0. The van der Waals surface area contributed by atoms with Crippen LogP contribution in [-0.2, 0) is 12.8 Å². The molecule has 0 fully saturated rings. The van der Waals surface area contributed by atoms with E-state index in [4.69, 9.17) is 15.8 Å². The molecule has 1 N–H and O–H groups in total. The summed E-state index contributed by atoms with van der Waals surface area (Å²) in [5.41, 5.74) is 4.78. The van der Waals surface area contributed by atoms with Crippen LogP contribution in [0, 0.1) is 6.57 Å². The molecule has 2 heterocycles. The van der Waals surface area contributed by atoms with E-state index in [1.54, 1.807) is 12.1 Å². The second-order valence-electron chi connectivity index (χ2n) is 7.08. The highest BCUT2D eigenvalue weighted by atomic mass is 35.5. The van der Waals surface area contributed by atoms with Crippen molar-refractivity contribution in [2.75, 3.05) is 13.1 Å². The molecule has 0 saturated heterocycles. The Morgan fingerprint density at radius 1 is 1.17 bits per heavy atom. The Morgan fingerprint density at radius 3 is 2.79 bits per heavy atom. The maximum Gasteiger partial charge on any atom is 0.256 e. The average molecular weight is 411 g/mol. The van der Waals surface area contributed by atoms with Gasteiger partial charge in [0, 0.05) is 11.1 Å². The highest BCUT2D eigenvalue weighted by Gasteiger charge is 2.18. The van der Waals surface area contributed by atoms with Gasteiger partial charge in [0.2, 0.25) is 11.5 Å². The molecule has 0 saturated carbocycles. The van der Waals surface area contributed by atoms with Gasteiger partial charge < -0.3 is 14.6 Å². The van der Waals surface area contributed by atoms with Gasteiger partial charge in [-0.2, -0.15) is 4.98 Å². The van der Waals surface area contributed by atoms with Gasteiger partial charge in [-0.1, -0.05) is 23.4 Å². The molecule has 0 spiro atoms. The minimum Gasteiger partial charge on any atom is -0.502 e. The Balaban J connectivity index is 0.00000240. The van der Waals surface area contributed by atoms with Gasteiger partial charge in [-0.15, -0.1) is 12.4 Å². The lowest BCUT2D eigenvalue weighted by molar-refractivity contribution is 0.244. The van der Waals surface area contributed by atoms with Crippen molar-refractivity contribution in [3.05, 3.63) is 58.9 Å². The third-order valence-electron chi connectivity index (χ3n) is 4.75. The molecular formula is C22H23ClN4O2. The highest BCUT2D eigenvalue weighted by Crippen LogP contribution is 2.34. The largest absolute Gasteiger partial charge is 0.502 e. The van der Waals surface area contributed by atoms with Crippen LogP contribution in [0.25, 0.3) is 27.7 Å². The van der Waals surface area contributed by atoms with Gasteiger partial charge in [-0.3, -0.25) is 0 Å². The van der Waals surface area contributed by atoms with Crippen LogP contribution in [0.2, 0.25) is 0 Å². The van der Waals surface area contributed by atoms with Crippen molar-refractivity contribution in [1.82, 2.24) is 15.5 Å². The van der Waals surface area contributed by atoms with E-state index in [0.29, 0.717) is 28.7 Å². The number of nitrogens with zero attached hydrogens (tertiary/aromatic N) is 3. The number of rotatable bonds is 4. The van der Waals surface area contributed by atoms with Gasteiger partial charge in [0.05, 0.1) is 12.7 Å². The molecule has 2 aromatic carbocycles. The van der Waals surface area contributed by atoms with Crippen LogP contribution >= 0.6 is 12.4 Å². The fourth-order valence-electron chi connectivity index (χ4n) is 3.48. The van der Waals surface area contributed by atoms with E-state index in [-0.39, 0.29) is 18.5 Å². The Kier molecular flexibility index (Phi) is 6.53. The molecule has 29 heavy (non-hydrogen) atoms. The molecular weight excluding hydrogens is 388 g/mol. The summed E-state index contributed by atoms with van der Waals surface area (Å²) in [7, 11) is 0. The van der Waals surface area contributed by atoms with Gasteiger partial charge in [0.1, 0.15) is 5.75 Å². The molecule has 0 unspecified atom stereocenters. The van der Waals surface area contributed by atoms with E-state index >= 15 is 0 Å². The van der Waals surface area contributed by atoms with Crippen molar-refractivity contribution in [2.24, 2.45) is 0 Å². The first-order valence-electron chi connectivity index (χ1n) is 9.50. The van der Waals surface area contributed by atoms with Gasteiger partial charge in [-0.25, -0.2) is 4.85 Å². The molecule has 0 atom stereocenters. The van der Waals surface area contributed by atoms with Crippen molar-refractivity contribution >= 4 is 18.1 Å². The van der Waals surface area contributed by atoms with E-state index in [9.17, 15) is 0 Å². The van der Waals surface area contributed by atoms with E-state index in [1.807, 2.05) is 32.0 Å². The first-order valence-corrected chi connectivity index (χ1v) is 9.50. The Bertz CT molecular complexity index is 1040. The first-order chi connectivity index (χ1) is 13.7. The molecule has 7 heteroatoms. The first kappa shape index (κ1) is 20.8. The molecule has 1 aromatic heterocycles. The lowest BCUT2D eigenvalue weighted by Gasteiger charge is -2.11. The summed E-state index contributed by atoms with van der Waals surface area (Å²) in [6.45, 7) is 13.2. The second-order valence-corrected chi connectivity index (χ2v) is 7.08. The zero-order valence-corrected chi connectivity index (χ0v) is 17.3. The fourth-order valence-corrected chi connectivity index (χ4v) is 3.48. The van der Waals surface area contributed by atoms with Crippen molar-refractivity contribution in [2.45, 2.75) is 32.8 Å². The fraction of sp³-hybridized carbons (Fsp3) is 0.318. The van der Waals surface area contributed by atoms with Crippen LogP contribution in [0.1, 0.15) is 25.0 Å². The molecule has 6 nitrogen and oxygen atoms in total. The third kappa shape index (κ3) is 4.42. The zero-order chi connectivity index (χ0) is 19.5. The van der Waals surface area contributed by atoms with E-state index < -0.39 is 0 Å². The van der Waals surface area contributed by atoms with E-state index in [1.165, 1.54) is 11.1 Å². The second kappa shape index (κ2) is 9.08. The number of aromatic nitrogens is 2. The molecule has 0 aliphatic carbocycles. The molecule has 150 valence electrons. The number of benzene rings is 2. The zero-order valence-electron chi connectivity index (χ0n) is 16.4. The summed E-state index contributed by atoms with van der Waals surface area (Å²) in [5.74, 6) is 1.55. The summed E-state index contributed by atoms with van der Waals surface area (Å²) in [5, 5.41) is 7.64.